The molecular formula is C30H46O4. The minimum atomic E-state index is -0.677. The largest absolute Gasteiger partial charge is 0.481 e. The molecule has 2 N–H and O–H groups in total. The molecule has 0 radical (unpaired) electrons. The molecule has 7 atom stereocenters. The highest BCUT2D eigenvalue weighted by molar-refractivity contribution is 5.85. The summed E-state index contributed by atoms with van der Waals surface area (Å²) in [6.45, 7) is 13.9. The van der Waals surface area contributed by atoms with E-state index in [0.717, 1.165) is 51.4 Å². The van der Waals surface area contributed by atoms with Crippen molar-refractivity contribution < 1.29 is 19.8 Å². The lowest BCUT2D eigenvalue weighted by Crippen LogP contribution is -2.66. The van der Waals surface area contributed by atoms with E-state index in [2.05, 4.69) is 47.6 Å². The van der Waals surface area contributed by atoms with Crippen molar-refractivity contribution >= 4 is 11.8 Å². The second-order valence-corrected chi connectivity index (χ2v) is 14.7. The maximum Gasteiger partial charge on any atom is 0.310 e. The fourth-order valence-electron chi connectivity index (χ4n) is 10.6. The Hall–Kier alpha value is -1.16. The highest BCUT2D eigenvalue weighted by atomic mass is 16.4. The summed E-state index contributed by atoms with van der Waals surface area (Å²) in [5.41, 5.74) is 0.0993. The van der Waals surface area contributed by atoms with Crippen molar-refractivity contribution in [2.45, 2.75) is 106 Å². The summed E-state index contributed by atoms with van der Waals surface area (Å²) in [6.07, 6.45) is 11.1. The van der Waals surface area contributed by atoms with E-state index in [0.29, 0.717) is 30.5 Å². The van der Waals surface area contributed by atoms with Gasteiger partial charge < -0.3 is 10.2 Å². The van der Waals surface area contributed by atoms with Crippen LogP contribution in [0.4, 0.5) is 0 Å². The number of rotatable bonds is 2. The molecule has 34 heavy (non-hydrogen) atoms. The Morgan fingerprint density at radius 1 is 0.971 bits per heavy atom. The lowest BCUT2D eigenvalue weighted by Gasteiger charge is -2.70. The monoisotopic (exact) mass is 470 g/mol. The third kappa shape index (κ3) is 2.81. The van der Waals surface area contributed by atoms with Crippen LogP contribution in [0.3, 0.4) is 0 Å². The van der Waals surface area contributed by atoms with Gasteiger partial charge in [0.05, 0.1) is 12.0 Å². The average molecular weight is 471 g/mol. The van der Waals surface area contributed by atoms with Crippen LogP contribution in [0.1, 0.15) is 106 Å². The van der Waals surface area contributed by atoms with Crippen LogP contribution in [0.2, 0.25) is 0 Å². The molecule has 5 aliphatic rings. The fraction of sp³-hybridized carbons (Fsp3) is 0.867. The molecule has 190 valence electrons. The van der Waals surface area contributed by atoms with Gasteiger partial charge in [-0.1, -0.05) is 53.2 Å². The molecule has 4 heteroatoms. The average Bonchev–Trinajstić information content (AvgIpc) is 2.75. The first-order valence-electron chi connectivity index (χ1n) is 13.8. The summed E-state index contributed by atoms with van der Waals surface area (Å²) in [4.78, 5) is 25.7. The zero-order valence-corrected chi connectivity index (χ0v) is 22.3. The molecule has 5 aliphatic carbocycles. The van der Waals surface area contributed by atoms with Gasteiger partial charge in [-0.15, -0.1) is 0 Å². The summed E-state index contributed by atoms with van der Waals surface area (Å²) in [6, 6.07) is 0. The third-order valence-electron chi connectivity index (χ3n) is 12.8. The number of aliphatic hydroxyl groups excluding tert-OH is 1. The molecule has 0 amide bonds. The first-order valence-corrected chi connectivity index (χ1v) is 13.8. The van der Waals surface area contributed by atoms with Crippen LogP contribution in [0.15, 0.2) is 11.6 Å². The van der Waals surface area contributed by atoms with E-state index in [1.165, 1.54) is 5.57 Å². The van der Waals surface area contributed by atoms with E-state index in [4.69, 9.17) is 0 Å². The quantitative estimate of drug-likeness (QED) is 0.457. The Balaban J connectivity index is 1.63. The molecule has 0 spiro atoms. The molecule has 0 aromatic rings. The Kier molecular flexibility index (Phi) is 5.20. The number of hydrogen-bond donors (Lipinski definition) is 2. The van der Waals surface area contributed by atoms with Crippen molar-refractivity contribution in [1.82, 2.24) is 0 Å². The smallest absolute Gasteiger partial charge is 0.310 e. The Morgan fingerprint density at radius 3 is 2.29 bits per heavy atom. The predicted octanol–water partition coefficient (Wildman–Crippen LogP) is 6.41. The molecule has 4 nitrogen and oxygen atoms in total. The van der Waals surface area contributed by atoms with Crippen LogP contribution in [-0.2, 0) is 9.59 Å². The molecule has 0 heterocycles. The molecule has 0 aromatic carbocycles. The highest BCUT2D eigenvalue weighted by Gasteiger charge is 2.70. The number of carbonyl (C=O) groups excluding carboxylic acids is 1. The van der Waals surface area contributed by atoms with Crippen molar-refractivity contribution in [3.8, 4) is 0 Å². The Morgan fingerprint density at radius 2 is 1.65 bits per heavy atom. The zero-order valence-electron chi connectivity index (χ0n) is 22.3. The van der Waals surface area contributed by atoms with Crippen molar-refractivity contribution in [3.63, 3.8) is 0 Å². The number of ketones is 1. The lowest BCUT2D eigenvalue weighted by atomic mass is 9.33. The summed E-state index contributed by atoms with van der Waals surface area (Å²) in [7, 11) is 0. The van der Waals surface area contributed by atoms with Gasteiger partial charge in [-0.2, -0.15) is 0 Å². The Labute approximate surface area is 206 Å². The SMILES string of the molecule is CC1(C)CC[C@]2(C(=O)O)CC[C@]3(CO)C(=CC[C@@H]4[C@@]5(C)CCC(=O)C(C)(C)[C@@H]5CC[C@]43C)[C@@H]2C1. The van der Waals surface area contributed by atoms with Crippen molar-refractivity contribution in [1.29, 1.82) is 0 Å². The molecule has 0 aromatic heterocycles. The number of carboxylic acids is 1. The van der Waals surface area contributed by atoms with Gasteiger partial charge in [0.1, 0.15) is 5.78 Å². The molecular weight excluding hydrogens is 424 g/mol. The van der Waals surface area contributed by atoms with Gasteiger partial charge in [-0.25, -0.2) is 0 Å². The number of carboxylic acid groups (broad SMARTS) is 1. The molecule has 4 saturated carbocycles. The maximum absolute atomic E-state index is 12.9. The van der Waals surface area contributed by atoms with Crippen molar-refractivity contribution in [3.05, 3.63) is 11.6 Å². The second-order valence-electron chi connectivity index (χ2n) is 14.7. The van der Waals surface area contributed by atoms with Crippen LogP contribution >= 0.6 is 0 Å². The van der Waals surface area contributed by atoms with Crippen LogP contribution in [0.5, 0.6) is 0 Å². The van der Waals surface area contributed by atoms with Gasteiger partial charge in [0.15, 0.2) is 0 Å². The Bertz CT molecular complexity index is 945. The molecule has 0 unspecified atom stereocenters. The molecule has 5 rings (SSSR count). The van der Waals surface area contributed by atoms with Crippen LogP contribution in [0, 0.1) is 50.2 Å². The normalized spacial score (nSPS) is 49.1. The van der Waals surface area contributed by atoms with Gasteiger partial charge in [0.25, 0.3) is 0 Å². The van der Waals surface area contributed by atoms with Gasteiger partial charge >= 0.3 is 5.97 Å². The molecule has 0 saturated heterocycles. The minimum absolute atomic E-state index is 0.0160. The number of carbonyl (C=O) groups is 2. The van der Waals surface area contributed by atoms with Gasteiger partial charge in [0.2, 0.25) is 0 Å². The number of aliphatic carboxylic acids is 1. The molecule has 0 bridgehead atoms. The molecule has 0 aliphatic heterocycles. The first kappa shape index (κ1) is 24.5. The minimum Gasteiger partial charge on any atom is -0.481 e. The highest BCUT2D eigenvalue weighted by Crippen LogP contribution is 2.75. The molecule has 4 fully saturated rings. The van der Waals surface area contributed by atoms with Gasteiger partial charge in [-0.3, -0.25) is 9.59 Å². The topological polar surface area (TPSA) is 74.6 Å². The number of aliphatic hydroxyl groups is 1. The third-order valence-corrected chi connectivity index (χ3v) is 12.8. The summed E-state index contributed by atoms with van der Waals surface area (Å²) in [5, 5.41) is 21.7. The zero-order chi connectivity index (χ0) is 24.9. The number of Topliss-reactive ketones (excluding diaryl/α,β-unsaturated/α-hetero) is 1. The van der Waals surface area contributed by atoms with Crippen LogP contribution in [0.25, 0.3) is 0 Å². The van der Waals surface area contributed by atoms with E-state index < -0.39 is 11.4 Å². The summed E-state index contributed by atoms with van der Waals surface area (Å²) < 4.78 is 0. The number of hydrogen-bond acceptors (Lipinski definition) is 3. The van der Waals surface area contributed by atoms with Crippen LogP contribution in [-0.4, -0.2) is 28.6 Å². The van der Waals surface area contributed by atoms with Crippen molar-refractivity contribution in [2.24, 2.45) is 50.2 Å². The lowest BCUT2D eigenvalue weighted by molar-refractivity contribution is -0.198. The standard InChI is InChI=1S/C30H46O4/c1-25(2)13-14-29(24(33)34)15-16-30(18-31)19(20(29)17-25)7-8-22-27(5)11-10-23(32)26(3,4)21(27)9-12-28(22,30)6/h7,20-22,31H,8-18H2,1-6H3,(H,33,34)/t20-,21-,22+,27-,28+,29-,30-/m0/s1. The van der Waals surface area contributed by atoms with Crippen LogP contribution < -0.4 is 0 Å². The van der Waals surface area contributed by atoms with E-state index >= 15 is 0 Å². The first-order chi connectivity index (χ1) is 15.7. The van der Waals surface area contributed by atoms with Crippen molar-refractivity contribution in [2.75, 3.05) is 6.61 Å². The van der Waals surface area contributed by atoms with E-state index in [-0.39, 0.29) is 39.6 Å². The second kappa shape index (κ2) is 7.20. The summed E-state index contributed by atoms with van der Waals surface area (Å²) in [5.74, 6) is 0.588. The maximum atomic E-state index is 12.9. The van der Waals surface area contributed by atoms with Gasteiger partial charge in [-0.05, 0) is 91.8 Å². The van der Waals surface area contributed by atoms with E-state index in [1.807, 2.05) is 0 Å². The van der Waals surface area contributed by atoms with E-state index in [9.17, 15) is 19.8 Å². The predicted molar refractivity (Wildman–Crippen MR) is 133 cm³/mol. The number of allylic oxidation sites excluding steroid dienone is 1. The number of fused-ring (bicyclic) bond motifs is 7. The fourth-order valence-corrected chi connectivity index (χ4v) is 10.6. The van der Waals surface area contributed by atoms with Gasteiger partial charge in [0, 0.05) is 17.3 Å². The summed E-state index contributed by atoms with van der Waals surface area (Å²) >= 11 is 0. The van der Waals surface area contributed by atoms with E-state index in [1.54, 1.807) is 0 Å².